The molecule has 0 saturated carbocycles. The van der Waals surface area contributed by atoms with Crippen LogP contribution in [0.5, 0.6) is 0 Å². The fourth-order valence-electron chi connectivity index (χ4n) is 0.638. The Morgan fingerprint density at radius 1 is 1.30 bits per heavy atom. The summed E-state index contributed by atoms with van der Waals surface area (Å²) in [4.78, 5) is 9.72. The van der Waals surface area contributed by atoms with Crippen molar-refractivity contribution in [2.45, 2.75) is 0 Å². The van der Waals surface area contributed by atoms with Gasteiger partial charge in [-0.2, -0.15) is 0 Å². The lowest BCUT2D eigenvalue weighted by molar-refractivity contribution is -0.120. The molecular formula is C7H6BO2. The molecule has 0 aliphatic rings. The van der Waals surface area contributed by atoms with Gasteiger partial charge in [-0.1, -0.05) is 30.3 Å². The Hall–Kier alpha value is -1.25. The molecule has 0 spiro atoms. The summed E-state index contributed by atoms with van der Waals surface area (Å²) in [5.41, 5.74) is 0.884. The minimum atomic E-state index is 0.396. The van der Waals surface area contributed by atoms with Crippen molar-refractivity contribution in [1.29, 1.82) is 0 Å². The Kier molecular flexibility index (Phi) is 2.55. The topological polar surface area (TPSA) is 26.3 Å². The third-order valence-electron chi connectivity index (χ3n) is 1.06. The lowest BCUT2D eigenvalue weighted by atomic mass is 9.89. The first-order valence-corrected chi connectivity index (χ1v) is 2.91. The Balaban J connectivity index is 2.50. The summed E-state index contributed by atoms with van der Waals surface area (Å²) in [5, 5.41) is 0. The summed E-state index contributed by atoms with van der Waals surface area (Å²) in [5.74, 6) is 0. The molecule has 10 heavy (non-hydrogen) atoms. The van der Waals surface area contributed by atoms with E-state index in [9.17, 15) is 4.79 Å². The molecule has 1 rings (SSSR count). The monoisotopic (exact) mass is 133 g/mol. The van der Waals surface area contributed by atoms with Gasteiger partial charge in [0.15, 0.2) is 0 Å². The molecule has 0 fully saturated rings. The highest BCUT2D eigenvalue weighted by molar-refractivity contribution is 6.48. The summed E-state index contributed by atoms with van der Waals surface area (Å²) < 4.78 is 4.41. The van der Waals surface area contributed by atoms with Crippen LogP contribution in [0.25, 0.3) is 0 Å². The predicted molar refractivity (Wildman–Crippen MR) is 39.0 cm³/mol. The molecule has 2 nitrogen and oxygen atoms in total. The van der Waals surface area contributed by atoms with Crippen LogP contribution in [0.2, 0.25) is 0 Å². The molecule has 0 N–H and O–H groups in total. The molecule has 0 aliphatic carbocycles. The highest BCUT2D eigenvalue weighted by Crippen LogP contribution is 1.80. The molecule has 0 unspecified atom stereocenters. The van der Waals surface area contributed by atoms with E-state index in [1.807, 2.05) is 30.3 Å². The zero-order chi connectivity index (χ0) is 7.23. The number of rotatable bonds is 3. The maximum Gasteiger partial charge on any atom is 0.412 e. The van der Waals surface area contributed by atoms with E-state index in [0.29, 0.717) is 6.47 Å². The highest BCUT2D eigenvalue weighted by atomic mass is 16.5. The zero-order valence-corrected chi connectivity index (χ0v) is 5.36. The molecule has 1 radical (unpaired) electrons. The van der Waals surface area contributed by atoms with Crippen LogP contribution in [0.3, 0.4) is 0 Å². The van der Waals surface area contributed by atoms with Crippen LogP contribution < -0.4 is 5.46 Å². The van der Waals surface area contributed by atoms with E-state index in [4.69, 9.17) is 0 Å². The van der Waals surface area contributed by atoms with Crippen LogP contribution >= 0.6 is 0 Å². The number of carbonyl (C=O) groups excluding carboxylic acids is 1. The maximum absolute atomic E-state index is 9.72. The van der Waals surface area contributed by atoms with E-state index in [1.165, 1.54) is 7.48 Å². The second-order valence-corrected chi connectivity index (χ2v) is 1.76. The van der Waals surface area contributed by atoms with Crippen molar-refractivity contribution in [2.75, 3.05) is 0 Å². The summed E-state index contributed by atoms with van der Waals surface area (Å²) in [6.07, 6.45) is 0. The van der Waals surface area contributed by atoms with E-state index >= 15 is 0 Å². The number of benzene rings is 1. The van der Waals surface area contributed by atoms with Gasteiger partial charge in [-0.3, -0.25) is 4.79 Å². The van der Waals surface area contributed by atoms with Crippen molar-refractivity contribution >= 4 is 19.4 Å². The van der Waals surface area contributed by atoms with Gasteiger partial charge in [0.25, 0.3) is 6.47 Å². The molecule has 0 heterocycles. The molecular weight excluding hydrogens is 127 g/mol. The van der Waals surface area contributed by atoms with Gasteiger partial charge in [0.1, 0.15) is 0 Å². The molecule has 1 aromatic rings. The third kappa shape index (κ3) is 1.93. The molecule has 1 aromatic carbocycles. The second kappa shape index (κ2) is 3.72. The van der Waals surface area contributed by atoms with Crippen molar-refractivity contribution in [2.24, 2.45) is 0 Å². The fraction of sp³-hybridized carbons (Fsp3) is 0. The molecule has 3 heteroatoms. The average molecular weight is 133 g/mol. The zero-order valence-electron chi connectivity index (χ0n) is 5.36. The Labute approximate surface area is 60.1 Å². The molecule has 0 amide bonds. The van der Waals surface area contributed by atoms with E-state index in [1.54, 1.807) is 0 Å². The van der Waals surface area contributed by atoms with Crippen molar-refractivity contribution in [1.82, 2.24) is 0 Å². The standard InChI is InChI=1S/C7H6BO2/c9-6-10-8-7-4-2-1-3-5-7/h1-6H. The Bertz CT molecular complexity index is 198. The van der Waals surface area contributed by atoms with E-state index in [2.05, 4.69) is 4.65 Å². The smallest absolute Gasteiger partial charge is 0.412 e. The van der Waals surface area contributed by atoms with Gasteiger partial charge in [-0.15, -0.1) is 0 Å². The lowest BCUT2D eigenvalue weighted by Gasteiger charge is -1.93. The summed E-state index contributed by atoms with van der Waals surface area (Å²) >= 11 is 0. The minimum Gasteiger partial charge on any atom is -0.535 e. The molecule has 0 aliphatic heterocycles. The van der Waals surface area contributed by atoms with Crippen LogP contribution in [0.1, 0.15) is 0 Å². The third-order valence-corrected chi connectivity index (χ3v) is 1.06. The Morgan fingerprint density at radius 2 is 2.00 bits per heavy atom. The van der Waals surface area contributed by atoms with Crippen LogP contribution in [0.15, 0.2) is 30.3 Å². The first-order valence-electron chi connectivity index (χ1n) is 2.91. The summed E-state index contributed by atoms with van der Waals surface area (Å²) in [6.45, 7) is 0.396. The normalized spacial score (nSPS) is 8.40. The van der Waals surface area contributed by atoms with Gasteiger partial charge in [-0.05, 0) is 5.46 Å². The maximum atomic E-state index is 9.72. The van der Waals surface area contributed by atoms with Crippen molar-refractivity contribution in [3.8, 4) is 0 Å². The van der Waals surface area contributed by atoms with Crippen molar-refractivity contribution < 1.29 is 9.45 Å². The SMILES string of the molecule is O=CO[B]c1ccccc1. The van der Waals surface area contributed by atoms with E-state index < -0.39 is 0 Å². The number of hydrogen-bond acceptors (Lipinski definition) is 2. The quantitative estimate of drug-likeness (QED) is 0.431. The summed E-state index contributed by atoms with van der Waals surface area (Å²) in [6, 6.07) is 9.35. The van der Waals surface area contributed by atoms with Crippen LogP contribution in [0.4, 0.5) is 0 Å². The minimum absolute atomic E-state index is 0.396. The molecule has 0 saturated heterocycles. The van der Waals surface area contributed by atoms with Gasteiger partial charge >= 0.3 is 7.48 Å². The Morgan fingerprint density at radius 3 is 2.60 bits per heavy atom. The van der Waals surface area contributed by atoms with Gasteiger partial charge in [0, 0.05) is 0 Å². The van der Waals surface area contributed by atoms with Gasteiger partial charge < -0.3 is 4.65 Å². The van der Waals surface area contributed by atoms with Crippen LogP contribution in [0, 0.1) is 0 Å². The predicted octanol–water partition coefficient (Wildman–Crippen LogP) is 0.104. The van der Waals surface area contributed by atoms with E-state index in [0.717, 1.165) is 5.46 Å². The van der Waals surface area contributed by atoms with E-state index in [-0.39, 0.29) is 0 Å². The highest BCUT2D eigenvalue weighted by Gasteiger charge is 1.93. The fourth-order valence-corrected chi connectivity index (χ4v) is 0.638. The number of hydrogen-bond donors (Lipinski definition) is 0. The molecule has 0 bridgehead atoms. The summed E-state index contributed by atoms with van der Waals surface area (Å²) in [7, 11) is 1.40. The molecule has 0 atom stereocenters. The largest absolute Gasteiger partial charge is 0.535 e. The van der Waals surface area contributed by atoms with Crippen molar-refractivity contribution in [3.63, 3.8) is 0 Å². The van der Waals surface area contributed by atoms with Gasteiger partial charge in [0.2, 0.25) is 0 Å². The van der Waals surface area contributed by atoms with Gasteiger partial charge in [0.05, 0.1) is 0 Å². The average Bonchev–Trinajstić information content (AvgIpc) is 2.03. The van der Waals surface area contributed by atoms with Gasteiger partial charge in [-0.25, -0.2) is 0 Å². The number of carbonyl (C=O) groups is 1. The lowest BCUT2D eigenvalue weighted by Crippen LogP contribution is -2.15. The van der Waals surface area contributed by atoms with Crippen LogP contribution in [-0.4, -0.2) is 14.0 Å². The second-order valence-electron chi connectivity index (χ2n) is 1.76. The molecule has 49 valence electrons. The molecule has 0 aromatic heterocycles. The van der Waals surface area contributed by atoms with Crippen LogP contribution in [-0.2, 0) is 9.45 Å². The first-order chi connectivity index (χ1) is 4.93. The first kappa shape index (κ1) is 6.87. The van der Waals surface area contributed by atoms with Crippen molar-refractivity contribution in [3.05, 3.63) is 30.3 Å².